The van der Waals surface area contributed by atoms with Crippen molar-refractivity contribution in [2.45, 2.75) is 51.1 Å². The van der Waals surface area contributed by atoms with Gasteiger partial charge in [-0.2, -0.15) is 0 Å². The van der Waals surface area contributed by atoms with Gasteiger partial charge in [0, 0.05) is 19.1 Å². The van der Waals surface area contributed by atoms with Gasteiger partial charge in [0.2, 0.25) is 10.0 Å². The van der Waals surface area contributed by atoms with Gasteiger partial charge < -0.3 is 10.1 Å². The zero-order valence-electron chi connectivity index (χ0n) is 12.6. The van der Waals surface area contributed by atoms with Gasteiger partial charge in [-0.1, -0.05) is 0 Å². The summed E-state index contributed by atoms with van der Waals surface area (Å²) >= 11 is 0. The number of sulfonamides is 1. The summed E-state index contributed by atoms with van der Waals surface area (Å²) in [5.41, 5.74) is 0. The van der Waals surface area contributed by atoms with Gasteiger partial charge in [0.25, 0.3) is 0 Å². The molecule has 0 unspecified atom stereocenters. The van der Waals surface area contributed by atoms with E-state index in [9.17, 15) is 13.2 Å². The quantitative estimate of drug-likeness (QED) is 0.702. The van der Waals surface area contributed by atoms with E-state index in [1.54, 1.807) is 14.0 Å². The molecule has 20 heavy (non-hydrogen) atoms. The molecule has 118 valence electrons. The van der Waals surface area contributed by atoms with Gasteiger partial charge in [0.15, 0.2) is 0 Å². The third-order valence-electron chi connectivity index (χ3n) is 3.93. The molecule has 0 bridgehead atoms. The molecule has 0 spiro atoms. The summed E-state index contributed by atoms with van der Waals surface area (Å²) in [6.45, 7) is 1.99. The van der Waals surface area contributed by atoms with Crippen LogP contribution in [-0.2, 0) is 19.6 Å². The van der Waals surface area contributed by atoms with Crippen LogP contribution in [0.1, 0.15) is 39.0 Å². The highest BCUT2D eigenvalue weighted by Gasteiger charge is 2.30. The Hall–Kier alpha value is -0.660. The van der Waals surface area contributed by atoms with E-state index in [-0.39, 0.29) is 24.8 Å². The van der Waals surface area contributed by atoms with E-state index >= 15 is 0 Å². The van der Waals surface area contributed by atoms with Crippen LogP contribution in [-0.4, -0.2) is 57.2 Å². The van der Waals surface area contributed by atoms with Crippen molar-refractivity contribution in [2.24, 2.45) is 0 Å². The second-order valence-corrected chi connectivity index (χ2v) is 7.33. The lowest BCUT2D eigenvalue weighted by Gasteiger charge is -2.33. The number of carbonyl (C=O) groups excluding carboxylic acids is 1. The SMILES string of the molecule is CCOC(=O)CCS(=O)(=O)N(C)C1CCC(NC)CC1. The van der Waals surface area contributed by atoms with Crippen LogP contribution in [0.4, 0.5) is 0 Å². The molecule has 1 aliphatic rings. The molecule has 6 nitrogen and oxygen atoms in total. The highest BCUT2D eigenvalue weighted by molar-refractivity contribution is 7.89. The van der Waals surface area contributed by atoms with Gasteiger partial charge in [0.1, 0.15) is 0 Å². The van der Waals surface area contributed by atoms with Gasteiger partial charge >= 0.3 is 5.97 Å². The Kier molecular flexibility index (Phi) is 6.91. The number of hydrogen-bond donors (Lipinski definition) is 1. The van der Waals surface area contributed by atoms with E-state index in [1.165, 1.54) is 4.31 Å². The number of ether oxygens (including phenoxy) is 1. The number of hydrogen-bond acceptors (Lipinski definition) is 5. The number of nitrogens with zero attached hydrogens (tertiary/aromatic N) is 1. The van der Waals surface area contributed by atoms with Crippen molar-refractivity contribution in [3.63, 3.8) is 0 Å². The molecule has 1 fully saturated rings. The molecule has 0 amide bonds. The average molecular weight is 306 g/mol. The van der Waals surface area contributed by atoms with Crippen molar-refractivity contribution in [2.75, 3.05) is 26.5 Å². The second kappa shape index (κ2) is 7.95. The second-order valence-electron chi connectivity index (χ2n) is 5.18. The monoisotopic (exact) mass is 306 g/mol. The number of esters is 1. The maximum atomic E-state index is 12.2. The zero-order chi connectivity index (χ0) is 15.2. The summed E-state index contributed by atoms with van der Waals surface area (Å²) in [7, 11) is 0.166. The first-order valence-electron chi connectivity index (χ1n) is 7.19. The van der Waals surface area contributed by atoms with E-state index in [2.05, 4.69) is 5.32 Å². The Bertz CT molecular complexity index is 403. The largest absolute Gasteiger partial charge is 0.466 e. The summed E-state index contributed by atoms with van der Waals surface area (Å²) in [5.74, 6) is -0.628. The first kappa shape index (κ1) is 17.4. The first-order chi connectivity index (χ1) is 9.40. The van der Waals surface area contributed by atoms with Crippen LogP contribution in [0.5, 0.6) is 0 Å². The summed E-state index contributed by atoms with van der Waals surface area (Å²) in [4.78, 5) is 11.3. The topological polar surface area (TPSA) is 75.7 Å². The standard InChI is InChI=1S/C13H26N2O4S/c1-4-19-13(16)9-10-20(17,18)15(3)12-7-5-11(14-2)6-8-12/h11-12,14H,4-10H2,1-3H3. The van der Waals surface area contributed by atoms with Gasteiger partial charge in [-0.3, -0.25) is 4.79 Å². The number of rotatable bonds is 7. The molecule has 1 aliphatic carbocycles. The Morgan fingerprint density at radius 2 is 1.90 bits per heavy atom. The Balaban J connectivity index is 2.48. The Morgan fingerprint density at radius 1 is 1.30 bits per heavy atom. The zero-order valence-corrected chi connectivity index (χ0v) is 13.4. The summed E-state index contributed by atoms with van der Waals surface area (Å²) in [5, 5.41) is 3.23. The molecular formula is C13H26N2O4S. The van der Waals surface area contributed by atoms with Crippen LogP contribution in [0.25, 0.3) is 0 Å². The number of carbonyl (C=O) groups is 1. The highest BCUT2D eigenvalue weighted by Crippen LogP contribution is 2.24. The molecule has 0 atom stereocenters. The van der Waals surface area contributed by atoms with Crippen LogP contribution >= 0.6 is 0 Å². The van der Waals surface area contributed by atoms with Crippen LogP contribution < -0.4 is 5.32 Å². The maximum Gasteiger partial charge on any atom is 0.306 e. The minimum absolute atomic E-state index is 0.0480. The first-order valence-corrected chi connectivity index (χ1v) is 8.80. The van der Waals surface area contributed by atoms with E-state index in [1.807, 2.05) is 7.05 Å². The van der Waals surface area contributed by atoms with Crippen molar-refractivity contribution >= 4 is 16.0 Å². The lowest BCUT2D eigenvalue weighted by Crippen LogP contribution is -2.43. The molecule has 0 aromatic heterocycles. The van der Waals surface area contributed by atoms with Gasteiger partial charge in [-0.25, -0.2) is 12.7 Å². The summed E-state index contributed by atoms with van der Waals surface area (Å²) in [6, 6.07) is 0.536. The van der Waals surface area contributed by atoms with Crippen molar-refractivity contribution in [3.05, 3.63) is 0 Å². The fraction of sp³-hybridized carbons (Fsp3) is 0.923. The van der Waals surface area contributed by atoms with Crippen molar-refractivity contribution in [3.8, 4) is 0 Å². The maximum absolute atomic E-state index is 12.2. The third-order valence-corrected chi connectivity index (χ3v) is 5.82. The van der Waals surface area contributed by atoms with Crippen LogP contribution in [0.15, 0.2) is 0 Å². The van der Waals surface area contributed by atoms with Crippen molar-refractivity contribution in [1.82, 2.24) is 9.62 Å². The average Bonchev–Trinajstić information content (AvgIpc) is 2.45. The highest BCUT2D eigenvalue weighted by atomic mass is 32.2. The molecule has 0 aromatic rings. The van der Waals surface area contributed by atoms with E-state index < -0.39 is 16.0 Å². The smallest absolute Gasteiger partial charge is 0.306 e. The molecule has 0 aliphatic heterocycles. The van der Waals surface area contributed by atoms with Gasteiger partial charge in [0.05, 0.1) is 18.8 Å². The Labute approximate surface area is 121 Å². The molecule has 1 saturated carbocycles. The van der Waals surface area contributed by atoms with Crippen LogP contribution in [0, 0.1) is 0 Å². The minimum Gasteiger partial charge on any atom is -0.466 e. The fourth-order valence-electron chi connectivity index (χ4n) is 2.54. The van der Waals surface area contributed by atoms with Crippen molar-refractivity contribution in [1.29, 1.82) is 0 Å². The molecule has 0 aromatic carbocycles. The van der Waals surface area contributed by atoms with Gasteiger partial charge in [-0.05, 0) is 39.7 Å². The van der Waals surface area contributed by atoms with Crippen molar-refractivity contribution < 1.29 is 17.9 Å². The lowest BCUT2D eigenvalue weighted by atomic mass is 9.91. The minimum atomic E-state index is -3.39. The number of nitrogens with one attached hydrogen (secondary N) is 1. The molecule has 0 radical (unpaired) electrons. The molecule has 7 heteroatoms. The summed E-state index contributed by atoms with van der Waals surface area (Å²) < 4.78 is 30.6. The Morgan fingerprint density at radius 3 is 2.40 bits per heavy atom. The van der Waals surface area contributed by atoms with E-state index in [0.717, 1.165) is 25.7 Å². The molecular weight excluding hydrogens is 280 g/mol. The van der Waals surface area contributed by atoms with Crippen LogP contribution in [0.2, 0.25) is 0 Å². The third kappa shape index (κ3) is 5.03. The predicted molar refractivity (Wildman–Crippen MR) is 77.9 cm³/mol. The lowest BCUT2D eigenvalue weighted by molar-refractivity contribution is -0.142. The summed E-state index contributed by atoms with van der Waals surface area (Å²) in [6.07, 6.45) is 3.62. The normalized spacial score (nSPS) is 23.8. The molecule has 0 heterocycles. The van der Waals surface area contributed by atoms with Crippen LogP contribution in [0.3, 0.4) is 0 Å². The molecule has 1 N–H and O–H groups in total. The molecule has 1 rings (SSSR count). The van der Waals surface area contributed by atoms with E-state index in [0.29, 0.717) is 6.04 Å². The predicted octanol–water partition coefficient (Wildman–Crippen LogP) is 0.732. The van der Waals surface area contributed by atoms with E-state index in [4.69, 9.17) is 4.74 Å². The van der Waals surface area contributed by atoms with Gasteiger partial charge in [-0.15, -0.1) is 0 Å². The fourth-order valence-corrected chi connectivity index (χ4v) is 3.92. The molecule has 0 saturated heterocycles.